The number of hydrogen-bond donors (Lipinski definition) is 3. The van der Waals surface area contributed by atoms with Crippen LogP contribution in [-0.4, -0.2) is 72.5 Å². The van der Waals surface area contributed by atoms with Crippen LogP contribution in [0.3, 0.4) is 0 Å². The maximum Gasteiger partial charge on any atom is 0.558 e. The van der Waals surface area contributed by atoms with Crippen molar-refractivity contribution in [1.82, 2.24) is 14.8 Å². The molecule has 3 saturated heterocycles. The fraction of sp³-hybridized carbons (Fsp3) is 0.326. The molecule has 0 bridgehead atoms. The summed E-state index contributed by atoms with van der Waals surface area (Å²) in [6.07, 6.45) is 5.20. The number of amides is 2. The van der Waals surface area contributed by atoms with E-state index >= 15 is 0 Å². The van der Waals surface area contributed by atoms with Crippen LogP contribution in [0.5, 0.6) is 5.75 Å². The first kappa shape index (κ1) is 37.9. The fourth-order valence-corrected chi connectivity index (χ4v) is 9.26. The van der Waals surface area contributed by atoms with Gasteiger partial charge in [-0.25, -0.2) is 0 Å². The molecule has 1 atom stereocenters. The molecule has 0 saturated carbocycles. The Morgan fingerprint density at radius 3 is 2.38 bits per heavy atom. The number of ether oxygens (including phenoxy) is 1. The summed E-state index contributed by atoms with van der Waals surface area (Å²) in [7, 11) is -0.950. The number of aromatic amines is 1. The highest BCUT2D eigenvalue weighted by Crippen LogP contribution is 2.46. The van der Waals surface area contributed by atoms with E-state index in [1.54, 1.807) is 19.0 Å². The lowest BCUT2D eigenvalue weighted by Gasteiger charge is -2.38. The van der Waals surface area contributed by atoms with E-state index in [1.165, 1.54) is 11.1 Å². The Hall–Kier alpha value is -5.69. The van der Waals surface area contributed by atoms with Crippen LogP contribution in [0.25, 0.3) is 17.0 Å². The van der Waals surface area contributed by atoms with Gasteiger partial charge in [0.25, 0.3) is 11.8 Å². The van der Waals surface area contributed by atoms with Crippen molar-refractivity contribution in [3.63, 3.8) is 0 Å². The van der Waals surface area contributed by atoms with Crippen molar-refractivity contribution in [3.05, 3.63) is 142 Å². The van der Waals surface area contributed by atoms with E-state index < -0.39 is 18.7 Å². The van der Waals surface area contributed by atoms with Crippen molar-refractivity contribution >= 4 is 41.9 Å². The number of nitrogens with zero attached hydrogens (tertiary/aromatic N) is 2. The zero-order valence-electron chi connectivity index (χ0n) is 32.7. The number of rotatable bonds is 8. The zero-order valence-corrected chi connectivity index (χ0v) is 32.7. The summed E-state index contributed by atoms with van der Waals surface area (Å²) in [5.74, 6) is 2.38. The van der Waals surface area contributed by atoms with Gasteiger partial charge in [0, 0.05) is 72.3 Å². The minimum absolute atomic E-state index is 0.0217. The summed E-state index contributed by atoms with van der Waals surface area (Å²) in [6, 6.07) is 29.4. The maximum atomic E-state index is 13.7. The molecular weight excluding hydrogens is 729 g/mol. The Kier molecular flexibility index (Phi) is 9.95. The number of nitrogens with two attached hydrogens (primary N) is 2. The Bertz CT molecular complexity index is 2430. The van der Waals surface area contributed by atoms with Crippen LogP contribution in [0.4, 0.5) is 0 Å². The molecule has 1 spiro atoms. The highest BCUT2D eigenvalue weighted by molar-refractivity contribution is 6.55. The lowest BCUT2D eigenvalue weighted by Crippen LogP contribution is -2.46. The molecule has 11 nitrogen and oxygen atoms in total. The van der Waals surface area contributed by atoms with Crippen LogP contribution >= 0.6 is 0 Å². The predicted octanol–water partition coefficient (Wildman–Crippen LogP) is 6.20. The highest BCUT2D eigenvalue weighted by Gasteiger charge is 2.50. The molecule has 296 valence electrons. The van der Waals surface area contributed by atoms with E-state index in [1.807, 2.05) is 76.5 Å². The van der Waals surface area contributed by atoms with Crippen molar-refractivity contribution < 1.29 is 28.4 Å². The van der Waals surface area contributed by atoms with Crippen LogP contribution in [0.1, 0.15) is 92.8 Å². The summed E-state index contributed by atoms with van der Waals surface area (Å²) in [6.45, 7) is 5.88. The number of piperidine rings is 2. The van der Waals surface area contributed by atoms with E-state index in [-0.39, 0.29) is 17.2 Å². The number of hydrogen-bond acceptors (Lipinski definition) is 8. The number of benzene rings is 4. The molecule has 2 amide bonds. The number of nitrogens with one attached hydrogen (secondary N) is 1. The number of H-pyrrole nitrogens is 1. The molecule has 4 aliphatic rings. The molecule has 5 aromatic rings. The molecule has 12 heteroatoms. The van der Waals surface area contributed by atoms with Crippen LogP contribution < -0.4 is 16.2 Å². The average Bonchev–Trinajstić information content (AvgIpc) is 3.95. The lowest BCUT2D eigenvalue weighted by atomic mass is 9.74. The summed E-state index contributed by atoms with van der Waals surface area (Å²) in [5.41, 5.74) is 18.2. The molecule has 1 aromatic heterocycles. The van der Waals surface area contributed by atoms with Gasteiger partial charge in [-0.3, -0.25) is 14.4 Å². The van der Waals surface area contributed by atoms with Gasteiger partial charge in [-0.15, -0.1) is 0 Å². The van der Waals surface area contributed by atoms with Gasteiger partial charge in [0.05, 0.1) is 6.61 Å². The molecule has 4 aliphatic heterocycles. The van der Waals surface area contributed by atoms with Gasteiger partial charge in [-0.1, -0.05) is 66.7 Å². The smallest absolute Gasteiger partial charge is 0.504 e. The second-order valence-corrected chi connectivity index (χ2v) is 16.3. The molecule has 58 heavy (non-hydrogen) atoms. The molecule has 0 radical (unpaired) electrons. The van der Waals surface area contributed by atoms with E-state index in [2.05, 4.69) is 29.2 Å². The summed E-state index contributed by atoms with van der Waals surface area (Å²) < 4.78 is 18.1. The summed E-state index contributed by atoms with van der Waals surface area (Å²) >= 11 is 0. The van der Waals surface area contributed by atoms with Crippen molar-refractivity contribution in [3.8, 4) is 5.75 Å². The number of fused-ring (bicyclic) bond motifs is 3. The monoisotopic (exact) mass is 777 g/mol. The van der Waals surface area contributed by atoms with Gasteiger partial charge < -0.3 is 40.3 Å². The lowest BCUT2D eigenvalue weighted by molar-refractivity contribution is -0.142. The topological polar surface area (TPSA) is 153 Å². The van der Waals surface area contributed by atoms with Gasteiger partial charge in [0.15, 0.2) is 5.60 Å². The first-order valence-corrected chi connectivity index (χ1v) is 20.3. The first-order valence-electron chi connectivity index (χ1n) is 20.3. The second-order valence-electron chi connectivity index (χ2n) is 16.3. The van der Waals surface area contributed by atoms with E-state index in [0.29, 0.717) is 68.6 Å². The molecule has 0 unspecified atom stereocenters. The zero-order chi connectivity index (χ0) is 40.0. The third kappa shape index (κ3) is 6.88. The third-order valence-electron chi connectivity index (χ3n) is 12.8. The molecule has 0 aliphatic carbocycles. The largest absolute Gasteiger partial charge is 0.558 e. The minimum atomic E-state index is -1.41. The molecule has 3 fully saturated rings. The SMILES string of the molecule is C[C@@]1(c2cccc3[nH]c(C(=O)N4CCC(c5cccc(CN)c5)CC4)cc23)OB(C=Cc2cccc(C(=O)N3CCC4(CC3)COc3ccc(CN)cc34)c2)OC1=O. The van der Waals surface area contributed by atoms with Crippen LogP contribution in [0, 0.1) is 0 Å². The van der Waals surface area contributed by atoms with Gasteiger partial charge >= 0.3 is 13.1 Å². The minimum Gasteiger partial charge on any atom is -0.504 e. The van der Waals surface area contributed by atoms with Gasteiger partial charge in [-0.05, 0) is 97.1 Å². The fourth-order valence-electron chi connectivity index (χ4n) is 9.26. The second kappa shape index (κ2) is 15.2. The number of aromatic nitrogens is 1. The first-order chi connectivity index (χ1) is 28.2. The average molecular weight is 778 g/mol. The van der Waals surface area contributed by atoms with Crippen molar-refractivity contribution in [2.24, 2.45) is 11.5 Å². The van der Waals surface area contributed by atoms with Gasteiger partial charge in [0.2, 0.25) is 0 Å². The van der Waals surface area contributed by atoms with Crippen LogP contribution in [-0.2, 0) is 38.2 Å². The standard InChI is InChI=1S/C46H48BN5O6/c1-45(37-9-4-10-39-36(37)26-40(50-39)43(54)51-19-14-33(15-20-51)34-7-3-6-31(24-34)27-48)44(55)57-47(58-45)18-13-30-5-2-8-35(23-30)42(53)52-21-16-46(17-22-52)29-56-41-12-11-32(28-49)25-38(41)46/h2-13,18,23-26,33,50H,14-17,19-22,27-29,48-49H2,1H3/t45-/m0/s1. The maximum absolute atomic E-state index is 13.7. The highest BCUT2D eigenvalue weighted by atomic mass is 16.7. The Morgan fingerprint density at radius 1 is 0.845 bits per heavy atom. The summed E-state index contributed by atoms with van der Waals surface area (Å²) in [4.78, 5) is 48.1. The van der Waals surface area contributed by atoms with E-state index in [0.717, 1.165) is 59.0 Å². The quantitative estimate of drug-likeness (QED) is 0.158. The Balaban J connectivity index is 0.845. The Morgan fingerprint density at radius 2 is 1.59 bits per heavy atom. The van der Waals surface area contributed by atoms with Crippen LogP contribution in [0.2, 0.25) is 0 Å². The summed E-state index contributed by atoms with van der Waals surface area (Å²) in [5, 5.41) is 0.725. The molecular formula is C46H48BN5O6. The number of carbonyl (C=O) groups excluding carboxylic acids is 3. The Labute approximate surface area is 338 Å². The normalized spacial score (nSPS) is 20.5. The van der Waals surface area contributed by atoms with Crippen molar-refractivity contribution in [2.45, 2.75) is 62.6 Å². The number of carbonyl (C=O) groups is 3. The predicted molar refractivity (Wildman–Crippen MR) is 223 cm³/mol. The van der Waals surface area contributed by atoms with Gasteiger partial charge in [-0.2, -0.15) is 0 Å². The van der Waals surface area contributed by atoms with Crippen molar-refractivity contribution in [2.75, 3.05) is 32.8 Å². The van der Waals surface area contributed by atoms with Crippen LogP contribution in [0.15, 0.2) is 97.0 Å². The van der Waals surface area contributed by atoms with Gasteiger partial charge in [0.1, 0.15) is 11.4 Å². The molecule has 5 heterocycles. The van der Waals surface area contributed by atoms with E-state index in [4.69, 9.17) is 25.5 Å². The van der Waals surface area contributed by atoms with Crippen molar-refractivity contribution in [1.29, 1.82) is 0 Å². The third-order valence-corrected chi connectivity index (χ3v) is 12.8. The number of likely N-dealkylation sites (tertiary alicyclic amines) is 2. The molecule has 5 N–H and O–H groups in total. The van der Waals surface area contributed by atoms with E-state index in [9.17, 15) is 14.4 Å². The molecule has 9 rings (SSSR count). The molecule has 4 aromatic carbocycles.